The highest BCUT2D eigenvalue weighted by Gasteiger charge is 2.17. The van der Waals surface area contributed by atoms with Crippen molar-refractivity contribution in [2.45, 2.75) is 13.8 Å². The van der Waals surface area contributed by atoms with Gasteiger partial charge in [0, 0.05) is 11.3 Å². The molecule has 0 saturated heterocycles. The zero-order valence-corrected chi connectivity index (χ0v) is 8.42. The lowest BCUT2D eigenvalue weighted by Gasteiger charge is -2.12. The number of rotatable bonds is 2. The quantitative estimate of drug-likeness (QED) is 0.703. The monoisotopic (exact) mass is 195 g/mol. The van der Waals surface area contributed by atoms with Gasteiger partial charge in [0.1, 0.15) is 5.75 Å². The largest absolute Gasteiger partial charge is 0.496 e. The molecule has 0 heterocycles. The van der Waals surface area contributed by atoms with Crippen LogP contribution in [0.2, 0.25) is 0 Å². The Bertz CT molecular complexity index is 385. The summed E-state index contributed by atoms with van der Waals surface area (Å²) in [4.78, 5) is 10.9. The van der Waals surface area contributed by atoms with Crippen LogP contribution in [0.5, 0.6) is 5.75 Å². The minimum atomic E-state index is -1.03. The number of carboxylic acid groups (broad SMARTS) is 1. The van der Waals surface area contributed by atoms with Gasteiger partial charge in [-0.15, -0.1) is 0 Å². The van der Waals surface area contributed by atoms with Crippen LogP contribution in [-0.4, -0.2) is 18.2 Å². The van der Waals surface area contributed by atoms with E-state index in [1.54, 1.807) is 19.9 Å². The van der Waals surface area contributed by atoms with Crippen molar-refractivity contribution < 1.29 is 14.6 Å². The Morgan fingerprint density at radius 1 is 1.50 bits per heavy atom. The maximum absolute atomic E-state index is 10.9. The molecule has 0 radical (unpaired) electrons. The number of aryl methyl sites for hydroxylation is 1. The van der Waals surface area contributed by atoms with Gasteiger partial charge in [-0.05, 0) is 25.5 Å². The SMILES string of the molecule is COc1cc(C)c(N)c(C(=O)O)c1C. The predicted octanol–water partition coefficient (Wildman–Crippen LogP) is 1.59. The molecule has 0 amide bonds. The van der Waals surface area contributed by atoms with E-state index < -0.39 is 5.97 Å². The minimum absolute atomic E-state index is 0.127. The first-order chi connectivity index (χ1) is 6.49. The Kier molecular flexibility index (Phi) is 2.65. The molecule has 76 valence electrons. The Balaban J connectivity index is 3.53. The van der Waals surface area contributed by atoms with Crippen LogP contribution in [0.3, 0.4) is 0 Å². The minimum Gasteiger partial charge on any atom is -0.496 e. The van der Waals surface area contributed by atoms with Crippen LogP contribution < -0.4 is 10.5 Å². The van der Waals surface area contributed by atoms with Gasteiger partial charge < -0.3 is 15.6 Å². The molecule has 0 saturated carbocycles. The first kappa shape index (κ1) is 10.4. The molecule has 1 aromatic carbocycles. The van der Waals surface area contributed by atoms with Gasteiger partial charge in [0.15, 0.2) is 0 Å². The highest BCUT2D eigenvalue weighted by Crippen LogP contribution is 2.29. The summed E-state index contributed by atoms with van der Waals surface area (Å²) in [6.07, 6.45) is 0. The van der Waals surface area contributed by atoms with Crippen molar-refractivity contribution in [1.82, 2.24) is 0 Å². The number of benzene rings is 1. The molecule has 4 nitrogen and oxygen atoms in total. The number of carboxylic acids is 1. The number of nitrogens with two attached hydrogens (primary N) is 1. The fourth-order valence-electron chi connectivity index (χ4n) is 1.39. The van der Waals surface area contributed by atoms with E-state index in [0.29, 0.717) is 22.6 Å². The van der Waals surface area contributed by atoms with Crippen molar-refractivity contribution in [2.75, 3.05) is 12.8 Å². The molecule has 3 N–H and O–H groups in total. The van der Waals surface area contributed by atoms with E-state index in [9.17, 15) is 4.79 Å². The van der Waals surface area contributed by atoms with Crippen LogP contribution in [0.15, 0.2) is 6.07 Å². The molecule has 1 rings (SSSR count). The molecule has 0 fully saturated rings. The molecule has 0 aliphatic rings. The molecule has 0 aliphatic carbocycles. The van der Waals surface area contributed by atoms with Crippen LogP contribution in [0.1, 0.15) is 21.5 Å². The van der Waals surface area contributed by atoms with Gasteiger partial charge in [-0.25, -0.2) is 4.79 Å². The van der Waals surface area contributed by atoms with Gasteiger partial charge in [0.2, 0.25) is 0 Å². The lowest BCUT2D eigenvalue weighted by Crippen LogP contribution is -2.08. The lowest BCUT2D eigenvalue weighted by atomic mass is 10.0. The van der Waals surface area contributed by atoms with E-state index in [1.807, 2.05) is 0 Å². The van der Waals surface area contributed by atoms with Gasteiger partial charge in [-0.3, -0.25) is 0 Å². The molecule has 0 bridgehead atoms. The Labute approximate surface area is 82.3 Å². The van der Waals surface area contributed by atoms with Crippen LogP contribution in [-0.2, 0) is 0 Å². The molecule has 0 spiro atoms. The zero-order chi connectivity index (χ0) is 10.9. The number of nitrogen functional groups attached to an aromatic ring is 1. The zero-order valence-electron chi connectivity index (χ0n) is 8.42. The average Bonchev–Trinajstić information content (AvgIpc) is 2.11. The average molecular weight is 195 g/mol. The summed E-state index contributed by atoms with van der Waals surface area (Å²) in [7, 11) is 1.50. The van der Waals surface area contributed by atoms with E-state index in [-0.39, 0.29) is 5.56 Å². The predicted molar refractivity (Wildman–Crippen MR) is 53.8 cm³/mol. The molecule has 0 aliphatic heterocycles. The molecule has 0 unspecified atom stereocenters. The van der Waals surface area contributed by atoms with Crippen LogP contribution >= 0.6 is 0 Å². The fourth-order valence-corrected chi connectivity index (χ4v) is 1.39. The highest BCUT2D eigenvalue weighted by atomic mass is 16.5. The third-order valence-electron chi connectivity index (χ3n) is 2.22. The van der Waals surface area contributed by atoms with Crippen molar-refractivity contribution in [3.05, 3.63) is 22.8 Å². The summed E-state index contributed by atoms with van der Waals surface area (Å²) in [6.45, 7) is 3.43. The van der Waals surface area contributed by atoms with Crippen molar-refractivity contribution >= 4 is 11.7 Å². The molecule has 0 aromatic heterocycles. The van der Waals surface area contributed by atoms with Crippen molar-refractivity contribution in [1.29, 1.82) is 0 Å². The molecule has 4 heteroatoms. The molecule has 14 heavy (non-hydrogen) atoms. The highest BCUT2D eigenvalue weighted by molar-refractivity contribution is 5.97. The summed E-state index contributed by atoms with van der Waals surface area (Å²) in [5.41, 5.74) is 7.37. The topological polar surface area (TPSA) is 72.5 Å². The first-order valence-electron chi connectivity index (χ1n) is 4.16. The van der Waals surface area contributed by atoms with Gasteiger partial charge in [0.25, 0.3) is 0 Å². The summed E-state index contributed by atoms with van der Waals surface area (Å²) >= 11 is 0. The van der Waals surface area contributed by atoms with Crippen molar-refractivity contribution in [3.63, 3.8) is 0 Å². The summed E-state index contributed by atoms with van der Waals surface area (Å²) in [5, 5.41) is 8.96. The third-order valence-corrected chi connectivity index (χ3v) is 2.22. The number of methoxy groups -OCH3 is 1. The Morgan fingerprint density at radius 2 is 2.07 bits per heavy atom. The normalized spacial score (nSPS) is 9.93. The van der Waals surface area contributed by atoms with E-state index >= 15 is 0 Å². The van der Waals surface area contributed by atoms with E-state index in [0.717, 1.165) is 0 Å². The smallest absolute Gasteiger partial charge is 0.338 e. The summed E-state index contributed by atoms with van der Waals surface area (Å²) in [5.74, 6) is -0.476. The maximum atomic E-state index is 10.9. The van der Waals surface area contributed by atoms with Gasteiger partial charge in [-0.1, -0.05) is 0 Å². The molecule has 1 aromatic rings. The van der Waals surface area contributed by atoms with Crippen molar-refractivity contribution in [3.8, 4) is 5.75 Å². The number of ether oxygens (including phenoxy) is 1. The van der Waals surface area contributed by atoms with Gasteiger partial charge in [0.05, 0.1) is 12.7 Å². The number of aromatic carboxylic acids is 1. The molecule has 0 atom stereocenters. The van der Waals surface area contributed by atoms with Gasteiger partial charge >= 0.3 is 5.97 Å². The maximum Gasteiger partial charge on any atom is 0.338 e. The van der Waals surface area contributed by atoms with E-state index in [1.165, 1.54) is 7.11 Å². The molecular weight excluding hydrogens is 182 g/mol. The van der Waals surface area contributed by atoms with Gasteiger partial charge in [-0.2, -0.15) is 0 Å². The van der Waals surface area contributed by atoms with E-state index in [4.69, 9.17) is 15.6 Å². The number of anilines is 1. The first-order valence-corrected chi connectivity index (χ1v) is 4.16. The van der Waals surface area contributed by atoms with Crippen LogP contribution in [0.25, 0.3) is 0 Å². The summed E-state index contributed by atoms with van der Waals surface area (Å²) < 4.78 is 5.05. The van der Waals surface area contributed by atoms with Crippen molar-refractivity contribution in [2.24, 2.45) is 0 Å². The van der Waals surface area contributed by atoms with Crippen LogP contribution in [0.4, 0.5) is 5.69 Å². The van der Waals surface area contributed by atoms with Crippen LogP contribution in [0, 0.1) is 13.8 Å². The van der Waals surface area contributed by atoms with E-state index in [2.05, 4.69) is 0 Å². The molecular formula is C10H13NO3. The number of hydrogen-bond donors (Lipinski definition) is 2. The second kappa shape index (κ2) is 3.57. The third kappa shape index (κ3) is 1.51. The second-order valence-corrected chi connectivity index (χ2v) is 3.11. The lowest BCUT2D eigenvalue weighted by molar-refractivity contribution is 0.0696. The Morgan fingerprint density at radius 3 is 2.50 bits per heavy atom. The number of carbonyl (C=O) groups is 1. The number of hydrogen-bond acceptors (Lipinski definition) is 3. The Hall–Kier alpha value is -1.71. The summed E-state index contributed by atoms with van der Waals surface area (Å²) in [6, 6.07) is 1.73. The standard InChI is InChI=1S/C10H13NO3/c1-5-4-7(14-3)6(2)8(9(5)11)10(12)13/h4H,11H2,1-3H3,(H,12,13). The second-order valence-electron chi connectivity index (χ2n) is 3.11. The fraction of sp³-hybridized carbons (Fsp3) is 0.300.